The van der Waals surface area contributed by atoms with Crippen LogP contribution < -0.4 is 5.32 Å². The van der Waals surface area contributed by atoms with Crippen molar-refractivity contribution < 1.29 is 5.11 Å². The molecule has 0 aliphatic carbocycles. The predicted molar refractivity (Wildman–Crippen MR) is 82.3 cm³/mol. The van der Waals surface area contributed by atoms with Gasteiger partial charge in [-0.1, -0.05) is 48.5 Å². The molecular formula is C15H16INO. The van der Waals surface area contributed by atoms with Crippen LogP contribution in [0.4, 0.5) is 0 Å². The molecule has 2 nitrogen and oxygen atoms in total. The van der Waals surface area contributed by atoms with Crippen LogP contribution in [-0.2, 0) is 6.54 Å². The van der Waals surface area contributed by atoms with Crippen LogP contribution in [0.15, 0.2) is 54.6 Å². The van der Waals surface area contributed by atoms with Gasteiger partial charge in [-0.05, 0) is 39.8 Å². The van der Waals surface area contributed by atoms with Gasteiger partial charge in [-0.3, -0.25) is 0 Å². The second-order valence-electron chi connectivity index (χ2n) is 4.15. The van der Waals surface area contributed by atoms with Crippen LogP contribution in [-0.4, -0.2) is 11.7 Å². The third-order valence-corrected chi connectivity index (χ3v) is 3.85. The first-order valence-corrected chi connectivity index (χ1v) is 7.02. The smallest absolute Gasteiger partial charge is 0.0914 e. The summed E-state index contributed by atoms with van der Waals surface area (Å²) in [5.41, 5.74) is 2.21. The lowest BCUT2D eigenvalue weighted by atomic mass is 10.1. The van der Waals surface area contributed by atoms with Gasteiger partial charge in [-0.25, -0.2) is 0 Å². The van der Waals surface area contributed by atoms with E-state index < -0.39 is 6.10 Å². The molecule has 2 aromatic carbocycles. The van der Waals surface area contributed by atoms with Crippen molar-refractivity contribution in [3.05, 3.63) is 69.3 Å². The molecule has 0 aliphatic heterocycles. The Kier molecular flexibility index (Phi) is 5.16. The average Bonchev–Trinajstić information content (AvgIpc) is 2.42. The van der Waals surface area contributed by atoms with E-state index in [1.165, 1.54) is 9.13 Å². The molecule has 2 rings (SSSR count). The van der Waals surface area contributed by atoms with Crippen molar-refractivity contribution in [2.24, 2.45) is 0 Å². The highest BCUT2D eigenvalue weighted by molar-refractivity contribution is 14.1. The van der Waals surface area contributed by atoms with Crippen molar-refractivity contribution in [1.82, 2.24) is 5.32 Å². The summed E-state index contributed by atoms with van der Waals surface area (Å²) in [7, 11) is 0. The van der Waals surface area contributed by atoms with Gasteiger partial charge < -0.3 is 10.4 Å². The molecule has 94 valence electrons. The molecular weight excluding hydrogens is 337 g/mol. The van der Waals surface area contributed by atoms with Crippen LogP contribution in [0.25, 0.3) is 0 Å². The van der Waals surface area contributed by atoms with Crippen LogP contribution >= 0.6 is 22.6 Å². The number of hydrogen-bond acceptors (Lipinski definition) is 2. The minimum absolute atomic E-state index is 0.451. The fourth-order valence-corrected chi connectivity index (χ4v) is 2.36. The maximum Gasteiger partial charge on any atom is 0.0914 e. The summed E-state index contributed by atoms with van der Waals surface area (Å²) in [6.45, 7) is 1.35. The molecule has 1 atom stereocenters. The van der Waals surface area contributed by atoms with Gasteiger partial charge in [0.15, 0.2) is 0 Å². The van der Waals surface area contributed by atoms with Gasteiger partial charge in [0.2, 0.25) is 0 Å². The standard InChI is InChI=1S/C15H16INO/c16-14-9-5-4-8-13(14)10-17-11-15(18)12-6-2-1-3-7-12/h1-9,15,17-18H,10-11H2/t15-/m1/s1. The molecule has 0 unspecified atom stereocenters. The topological polar surface area (TPSA) is 32.3 Å². The molecule has 0 spiro atoms. The Balaban J connectivity index is 1.84. The predicted octanol–water partition coefficient (Wildman–Crippen LogP) is 3.11. The van der Waals surface area contributed by atoms with E-state index in [2.05, 4.69) is 40.0 Å². The van der Waals surface area contributed by atoms with Crippen molar-refractivity contribution in [3.8, 4) is 0 Å². The van der Waals surface area contributed by atoms with E-state index in [9.17, 15) is 5.11 Å². The van der Waals surface area contributed by atoms with Crippen LogP contribution in [0.5, 0.6) is 0 Å². The quantitative estimate of drug-likeness (QED) is 0.810. The van der Waals surface area contributed by atoms with Crippen molar-refractivity contribution in [1.29, 1.82) is 0 Å². The lowest BCUT2D eigenvalue weighted by Crippen LogP contribution is -2.21. The lowest BCUT2D eigenvalue weighted by molar-refractivity contribution is 0.174. The van der Waals surface area contributed by atoms with Gasteiger partial charge in [0.25, 0.3) is 0 Å². The molecule has 0 aromatic heterocycles. The second-order valence-corrected chi connectivity index (χ2v) is 5.31. The molecule has 0 fully saturated rings. The number of nitrogens with one attached hydrogen (secondary N) is 1. The molecule has 0 bridgehead atoms. The van der Waals surface area contributed by atoms with Gasteiger partial charge in [0.1, 0.15) is 0 Å². The van der Waals surface area contributed by atoms with E-state index in [0.717, 1.165) is 12.1 Å². The van der Waals surface area contributed by atoms with E-state index in [-0.39, 0.29) is 0 Å². The molecule has 0 saturated carbocycles. The molecule has 2 N–H and O–H groups in total. The van der Waals surface area contributed by atoms with Crippen LogP contribution in [0.2, 0.25) is 0 Å². The summed E-state index contributed by atoms with van der Waals surface area (Å²) in [4.78, 5) is 0. The average molecular weight is 353 g/mol. The van der Waals surface area contributed by atoms with Gasteiger partial charge in [0.05, 0.1) is 6.10 Å². The minimum atomic E-state index is -0.451. The zero-order valence-corrected chi connectivity index (χ0v) is 12.2. The Labute approximate surface area is 121 Å². The summed E-state index contributed by atoms with van der Waals surface area (Å²) in [6, 6.07) is 18.0. The number of hydrogen-bond donors (Lipinski definition) is 2. The molecule has 0 aliphatic rings. The van der Waals surface area contributed by atoms with E-state index >= 15 is 0 Å². The summed E-state index contributed by atoms with van der Waals surface area (Å²) in [5.74, 6) is 0. The fraction of sp³-hybridized carbons (Fsp3) is 0.200. The first-order valence-electron chi connectivity index (χ1n) is 5.94. The SMILES string of the molecule is O[C@H](CNCc1ccccc1I)c1ccccc1. The van der Waals surface area contributed by atoms with Gasteiger partial charge in [-0.15, -0.1) is 0 Å². The molecule has 0 heterocycles. The molecule has 0 saturated heterocycles. The molecule has 0 amide bonds. The maximum atomic E-state index is 10.0. The van der Waals surface area contributed by atoms with Crippen molar-refractivity contribution in [3.63, 3.8) is 0 Å². The third kappa shape index (κ3) is 3.80. The van der Waals surface area contributed by atoms with Crippen molar-refractivity contribution >= 4 is 22.6 Å². The first kappa shape index (κ1) is 13.5. The highest BCUT2D eigenvalue weighted by Gasteiger charge is 2.06. The van der Waals surface area contributed by atoms with E-state index in [4.69, 9.17) is 0 Å². The number of rotatable bonds is 5. The largest absolute Gasteiger partial charge is 0.387 e. The normalized spacial score (nSPS) is 12.3. The Morgan fingerprint density at radius 2 is 1.67 bits per heavy atom. The van der Waals surface area contributed by atoms with Crippen molar-refractivity contribution in [2.75, 3.05) is 6.54 Å². The highest BCUT2D eigenvalue weighted by atomic mass is 127. The lowest BCUT2D eigenvalue weighted by Gasteiger charge is -2.12. The zero-order chi connectivity index (χ0) is 12.8. The number of aliphatic hydroxyl groups excluding tert-OH is 1. The molecule has 2 aromatic rings. The van der Waals surface area contributed by atoms with E-state index in [1.54, 1.807) is 0 Å². The summed E-state index contributed by atoms with van der Waals surface area (Å²) >= 11 is 2.33. The third-order valence-electron chi connectivity index (χ3n) is 2.80. The van der Waals surface area contributed by atoms with E-state index in [1.807, 2.05) is 42.5 Å². The second kappa shape index (κ2) is 6.87. The number of aliphatic hydroxyl groups is 1. The zero-order valence-electron chi connectivity index (χ0n) is 10.0. The van der Waals surface area contributed by atoms with Gasteiger partial charge >= 0.3 is 0 Å². The van der Waals surface area contributed by atoms with Crippen LogP contribution in [0, 0.1) is 3.57 Å². The van der Waals surface area contributed by atoms with Crippen LogP contribution in [0.3, 0.4) is 0 Å². The van der Waals surface area contributed by atoms with Gasteiger partial charge in [-0.2, -0.15) is 0 Å². The van der Waals surface area contributed by atoms with Gasteiger partial charge in [0, 0.05) is 16.7 Å². The molecule has 3 heteroatoms. The maximum absolute atomic E-state index is 10.0. The number of benzene rings is 2. The first-order chi connectivity index (χ1) is 8.77. The monoisotopic (exact) mass is 353 g/mol. The van der Waals surface area contributed by atoms with Crippen LogP contribution in [0.1, 0.15) is 17.2 Å². The molecule has 18 heavy (non-hydrogen) atoms. The summed E-state index contributed by atoms with van der Waals surface area (Å²) in [6.07, 6.45) is -0.451. The summed E-state index contributed by atoms with van der Waals surface area (Å²) in [5, 5.41) is 13.3. The van der Waals surface area contributed by atoms with E-state index in [0.29, 0.717) is 6.54 Å². The summed E-state index contributed by atoms with van der Waals surface area (Å²) < 4.78 is 1.25. The highest BCUT2D eigenvalue weighted by Crippen LogP contribution is 2.13. The minimum Gasteiger partial charge on any atom is -0.387 e. The Bertz CT molecular complexity index is 487. The Morgan fingerprint density at radius 3 is 2.39 bits per heavy atom. The Hall–Kier alpha value is -0.910. The van der Waals surface area contributed by atoms with Crippen molar-refractivity contribution in [2.45, 2.75) is 12.6 Å². The molecule has 0 radical (unpaired) electrons. The fourth-order valence-electron chi connectivity index (χ4n) is 1.78. The Morgan fingerprint density at radius 1 is 1.00 bits per heavy atom. The number of halogens is 1.